The van der Waals surface area contributed by atoms with Crippen molar-refractivity contribution in [2.45, 2.75) is 162 Å². The number of rotatable bonds is 26. The van der Waals surface area contributed by atoms with Crippen LogP contribution in [0.2, 0.25) is 0 Å². The second-order valence-corrected chi connectivity index (χ2v) is 11.3. The lowest BCUT2D eigenvalue weighted by Crippen LogP contribution is -2.50. The van der Waals surface area contributed by atoms with Crippen molar-refractivity contribution in [1.29, 1.82) is 0 Å². The first-order chi connectivity index (χ1) is 17.1. The summed E-state index contributed by atoms with van der Waals surface area (Å²) in [6.45, 7) is 7.11. The Hall–Kier alpha value is -0.580. The van der Waals surface area contributed by atoms with Crippen LogP contribution in [0.5, 0.6) is 0 Å². The molecule has 2 atom stereocenters. The lowest BCUT2D eigenvalue weighted by atomic mass is 9.98. The topological polar surface area (TPSA) is 58.2 Å². The number of hydrogen-bond donors (Lipinski definition) is 2. The Morgan fingerprint density at radius 3 is 1.57 bits per heavy atom. The van der Waals surface area contributed by atoms with Gasteiger partial charge in [-0.1, -0.05) is 146 Å². The smallest absolute Gasteiger partial charge is 0.242 e. The molecule has 0 aromatic rings. The molecule has 2 amide bonds. The van der Waals surface area contributed by atoms with E-state index in [0.29, 0.717) is 13.0 Å². The monoisotopic (exact) mass is 558 g/mol. The highest BCUT2D eigenvalue weighted by atomic mass is 79.9. The Morgan fingerprint density at radius 2 is 1.11 bits per heavy atom. The Bertz CT molecular complexity index is 487. The Balaban J connectivity index is 3.69. The van der Waals surface area contributed by atoms with E-state index in [2.05, 4.69) is 40.4 Å². The molecule has 0 bridgehead atoms. The van der Waals surface area contributed by atoms with Gasteiger partial charge in [0.15, 0.2) is 0 Å². The van der Waals surface area contributed by atoms with Gasteiger partial charge in [-0.15, -0.1) is 0 Å². The molecule has 0 heterocycles. The van der Waals surface area contributed by atoms with E-state index in [1.807, 2.05) is 6.92 Å². The molecule has 0 radical (unpaired) electrons. The van der Waals surface area contributed by atoms with E-state index in [9.17, 15) is 9.59 Å². The first-order valence-electron chi connectivity index (χ1n) is 15.2. The molecule has 0 unspecified atom stereocenters. The molecule has 0 saturated carbocycles. The quantitative estimate of drug-likeness (QED) is 0.0822. The van der Waals surface area contributed by atoms with Crippen molar-refractivity contribution in [2.75, 3.05) is 11.9 Å². The van der Waals surface area contributed by atoms with Crippen molar-refractivity contribution in [3.8, 4) is 0 Å². The summed E-state index contributed by atoms with van der Waals surface area (Å²) in [6, 6.07) is -0.412. The number of carbonyl (C=O) groups is 2. The van der Waals surface area contributed by atoms with Gasteiger partial charge in [0.2, 0.25) is 11.8 Å². The van der Waals surface area contributed by atoms with E-state index in [-0.39, 0.29) is 17.7 Å². The van der Waals surface area contributed by atoms with Gasteiger partial charge < -0.3 is 10.6 Å². The summed E-state index contributed by atoms with van der Waals surface area (Å²) < 4.78 is 0. The average Bonchev–Trinajstić information content (AvgIpc) is 2.86. The van der Waals surface area contributed by atoms with Gasteiger partial charge in [0.25, 0.3) is 0 Å². The zero-order valence-electron chi connectivity index (χ0n) is 23.6. The molecule has 0 saturated heterocycles. The third kappa shape index (κ3) is 22.4. The SMILES string of the molecule is CCCCCCCCCCCCCCCCCCNC(=O)[C@@H](NC(=O)CCCCCBr)[C@@H](C)CC. The van der Waals surface area contributed by atoms with Gasteiger partial charge in [0.1, 0.15) is 6.04 Å². The minimum Gasteiger partial charge on any atom is -0.354 e. The Labute approximate surface area is 227 Å². The van der Waals surface area contributed by atoms with E-state index in [0.717, 1.165) is 37.4 Å². The average molecular weight is 560 g/mol. The van der Waals surface area contributed by atoms with Gasteiger partial charge in [-0.3, -0.25) is 9.59 Å². The molecule has 35 heavy (non-hydrogen) atoms. The lowest BCUT2D eigenvalue weighted by molar-refractivity contribution is -0.130. The van der Waals surface area contributed by atoms with Crippen LogP contribution in [0, 0.1) is 5.92 Å². The molecule has 4 nitrogen and oxygen atoms in total. The van der Waals surface area contributed by atoms with E-state index < -0.39 is 6.04 Å². The van der Waals surface area contributed by atoms with Crippen LogP contribution in [0.25, 0.3) is 0 Å². The number of alkyl halides is 1. The van der Waals surface area contributed by atoms with E-state index in [1.165, 1.54) is 96.3 Å². The highest BCUT2D eigenvalue weighted by Crippen LogP contribution is 2.14. The number of unbranched alkanes of at least 4 members (excludes halogenated alkanes) is 17. The summed E-state index contributed by atoms with van der Waals surface area (Å²) in [5.74, 6) is 0.129. The van der Waals surface area contributed by atoms with Crippen LogP contribution < -0.4 is 10.6 Å². The standard InChI is InChI=1S/C30H59BrN2O2/c1-4-6-7-8-9-10-11-12-13-14-15-16-17-18-19-23-26-32-30(35)29(27(3)5-2)33-28(34)24-21-20-22-25-31/h27,29H,4-26H2,1-3H3,(H,32,35)(H,33,34)/t27-,29-/m0/s1. The maximum atomic E-state index is 12.7. The fourth-order valence-corrected chi connectivity index (χ4v) is 4.90. The molecule has 5 heteroatoms. The number of hydrogen-bond acceptors (Lipinski definition) is 2. The molecule has 0 aromatic carbocycles. The fourth-order valence-electron chi connectivity index (χ4n) is 4.50. The fraction of sp³-hybridized carbons (Fsp3) is 0.933. The predicted octanol–water partition coefficient (Wildman–Crippen LogP) is 8.85. The zero-order chi connectivity index (χ0) is 26.0. The van der Waals surface area contributed by atoms with Gasteiger partial charge in [-0.25, -0.2) is 0 Å². The maximum absolute atomic E-state index is 12.7. The largest absolute Gasteiger partial charge is 0.354 e. The van der Waals surface area contributed by atoms with E-state index in [1.54, 1.807) is 0 Å². The van der Waals surface area contributed by atoms with E-state index >= 15 is 0 Å². The van der Waals surface area contributed by atoms with Crippen LogP contribution in [0.1, 0.15) is 156 Å². The second-order valence-electron chi connectivity index (χ2n) is 10.5. The maximum Gasteiger partial charge on any atom is 0.242 e. The van der Waals surface area contributed by atoms with Gasteiger partial charge in [-0.05, 0) is 25.2 Å². The molecule has 0 aromatic heterocycles. The summed E-state index contributed by atoms with van der Waals surface area (Å²) in [6.07, 6.45) is 26.0. The van der Waals surface area contributed by atoms with Crippen LogP contribution in [-0.4, -0.2) is 29.7 Å². The lowest BCUT2D eigenvalue weighted by Gasteiger charge is -2.23. The molecule has 208 valence electrons. The minimum absolute atomic E-state index is 0.00225. The molecular formula is C30H59BrN2O2. The normalized spacial score (nSPS) is 12.9. The third-order valence-corrected chi connectivity index (χ3v) is 7.74. The highest BCUT2D eigenvalue weighted by Gasteiger charge is 2.25. The molecule has 0 fully saturated rings. The van der Waals surface area contributed by atoms with Crippen molar-refractivity contribution in [3.63, 3.8) is 0 Å². The van der Waals surface area contributed by atoms with Crippen molar-refractivity contribution < 1.29 is 9.59 Å². The summed E-state index contributed by atoms with van der Waals surface area (Å²) >= 11 is 3.42. The third-order valence-electron chi connectivity index (χ3n) is 7.18. The number of halogens is 1. The first-order valence-corrected chi connectivity index (χ1v) is 16.3. The number of carbonyl (C=O) groups excluding carboxylic acids is 2. The highest BCUT2D eigenvalue weighted by molar-refractivity contribution is 9.09. The van der Waals surface area contributed by atoms with Gasteiger partial charge in [-0.2, -0.15) is 0 Å². The predicted molar refractivity (Wildman–Crippen MR) is 156 cm³/mol. The van der Waals surface area contributed by atoms with Gasteiger partial charge >= 0.3 is 0 Å². The molecule has 0 aliphatic carbocycles. The van der Waals surface area contributed by atoms with Crippen LogP contribution in [-0.2, 0) is 9.59 Å². The summed E-state index contributed by atoms with van der Waals surface area (Å²) in [5.41, 5.74) is 0. The molecule has 0 spiro atoms. The van der Waals surface area contributed by atoms with Crippen molar-refractivity contribution >= 4 is 27.7 Å². The number of nitrogens with one attached hydrogen (secondary N) is 2. The van der Waals surface area contributed by atoms with Gasteiger partial charge in [0, 0.05) is 18.3 Å². The van der Waals surface area contributed by atoms with E-state index in [4.69, 9.17) is 0 Å². The molecule has 0 rings (SSSR count). The minimum atomic E-state index is -0.412. The number of amides is 2. The first kappa shape index (κ1) is 34.4. The zero-order valence-corrected chi connectivity index (χ0v) is 25.2. The van der Waals surface area contributed by atoms with Crippen LogP contribution in [0.15, 0.2) is 0 Å². The van der Waals surface area contributed by atoms with Crippen molar-refractivity contribution in [1.82, 2.24) is 10.6 Å². The van der Waals surface area contributed by atoms with Crippen molar-refractivity contribution in [2.24, 2.45) is 5.92 Å². The Kier molecular flexibility index (Phi) is 26.0. The molecular weight excluding hydrogens is 500 g/mol. The van der Waals surface area contributed by atoms with Crippen LogP contribution in [0.4, 0.5) is 0 Å². The van der Waals surface area contributed by atoms with Crippen molar-refractivity contribution in [3.05, 3.63) is 0 Å². The van der Waals surface area contributed by atoms with Crippen LogP contribution >= 0.6 is 15.9 Å². The summed E-state index contributed by atoms with van der Waals surface area (Å²) in [7, 11) is 0. The molecule has 0 aliphatic heterocycles. The summed E-state index contributed by atoms with van der Waals surface area (Å²) in [5, 5.41) is 7.04. The second kappa shape index (κ2) is 26.5. The van der Waals surface area contributed by atoms with Crippen LogP contribution in [0.3, 0.4) is 0 Å². The summed E-state index contributed by atoms with van der Waals surface area (Å²) in [4.78, 5) is 25.0. The molecule has 2 N–H and O–H groups in total. The van der Waals surface area contributed by atoms with Gasteiger partial charge in [0.05, 0.1) is 0 Å². The Morgan fingerprint density at radius 1 is 0.657 bits per heavy atom. The molecule has 0 aliphatic rings.